The van der Waals surface area contributed by atoms with Gasteiger partial charge in [0.05, 0.1) is 19.8 Å². The van der Waals surface area contributed by atoms with E-state index in [0.717, 1.165) is 26.1 Å². The summed E-state index contributed by atoms with van der Waals surface area (Å²) in [5.74, 6) is 0. The average Bonchev–Trinajstić information content (AvgIpc) is 2.04. The van der Waals surface area contributed by atoms with Crippen molar-refractivity contribution in [2.45, 2.75) is 12.8 Å². The lowest BCUT2D eigenvalue weighted by molar-refractivity contribution is -0.203. The molecular weight excluding hydrogens is 142 g/mol. The van der Waals surface area contributed by atoms with Crippen molar-refractivity contribution in [3.05, 3.63) is 0 Å². The van der Waals surface area contributed by atoms with Crippen LogP contribution >= 0.6 is 0 Å². The molecule has 3 heteroatoms. The molecule has 2 bridgehead atoms. The molecular formula is C8H15NO2. The van der Waals surface area contributed by atoms with E-state index in [0.29, 0.717) is 6.54 Å². The average molecular weight is 157 g/mol. The molecule has 3 aliphatic rings. The van der Waals surface area contributed by atoms with E-state index in [1.54, 1.807) is 0 Å². The van der Waals surface area contributed by atoms with E-state index < -0.39 is 0 Å². The molecule has 11 heavy (non-hydrogen) atoms. The molecule has 2 aliphatic heterocycles. The van der Waals surface area contributed by atoms with Crippen LogP contribution in [-0.2, 0) is 4.74 Å². The van der Waals surface area contributed by atoms with Crippen molar-refractivity contribution in [3.8, 4) is 0 Å². The molecule has 0 spiro atoms. The summed E-state index contributed by atoms with van der Waals surface area (Å²) in [5.41, 5.74) is 5.93. The maximum absolute atomic E-state index is 9.08. The quantitative estimate of drug-likeness (QED) is 0.580. The fourth-order valence-corrected chi connectivity index (χ4v) is 2.59. The second kappa shape index (κ2) is 2.19. The molecule has 0 unspecified atom stereocenters. The summed E-state index contributed by atoms with van der Waals surface area (Å²) in [6.45, 7) is 2.49. The first kappa shape index (κ1) is 7.53. The van der Waals surface area contributed by atoms with Crippen molar-refractivity contribution in [3.63, 3.8) is 0 Å². The van der Waals surface area contributed by atoms with Crippen LogP contribution in [0.3, 0.4) is 0 Å². The smallest absolute Gasteiger partial charge is 0.0545 e. The zero-order valence-electron chi connectivity index (χ0n) is 6.68. The predicted octanol–water partition coefficient (Wildman–Crippen LogP) is -0.266. The van der Waals surface area contributed by atoms with E-state index >= 15 is 0 Å². The van der Waals surface area contributed by atoms with Gasteiger partial charge in [-0.2, -0.15) is 0 Å². The first-order chi connectivity index (χ1) is 5.24. The topological polar surface area (TPSA) is 55.5 Å². The van der Waals surface area contributed by atoms with Crippen LogP contribution in [0.4, 0.5) is 0 Å². The SMILES string of the molecule is NCC12COCC(CO)(C1)C2. The van der Waals surface area contributed by atoms with Gasteiger partial charge in [0.15, 0.2) is 0 Å². The molecule has 3 N–H and O–H groups in total. The lowest BCUT2D eigenvalue weighted by Crippen LogP contribution is -2.61. The highest BCUT2D eigenvalue weighted by Crippen LogP contribution is 2.57. The van der Waals surface area contributed by atoms with Gasteiger partial charge in [0.2, 0.25) is 0 Å². The third-order valence-corrected chi connectivity index (χ3v) is 3.08. The van der Waals surface area contributed by atoms with E-state index in [-0.39, 0.29) is 17.4 Å². The Bertz CT molecular complexity index is 147. The Kier molecular flexibility index (Phi) is 1.50. The Morgan fingerprint density at radius 2 is 1.91 bits per heavy atom. The summed E-state index contributed by atoms with van der Waals surface area (Å²) < 4.78 is 5.38. The van der Waals surface area contributed by atoms with Crippen LogP contribution in [0.15, 0.2) is 0 Å². The largest absolute Gasteiger partial charge is 0.396 e. The molecule has 64 valence electrons. The van der Waals surface area contributed by atoms with Crippen molar-refractivity contribution in [2.75, 3.05) is 26.4 Å². The lowest BCUT2D eigenvalue weighted by Gasteiger charge is -2.59. The third-order valence-electron chi connectivity index (χ3n) is 3.08. The molecule has 0 atom stereocenters. The maximum atomic E-state index is 9.08. The maximum Gasteiger partial charge on any atom is 0.0545 e. The van der Waals surface area contributed by atoms with Gasteiger partial charge in [0.25, 0.3) is 0 Å². The number of aliphatic hydroxyl groups is 1. The van der Waals surface area contributed by atoms with Gasteiger partial charge in [-0.3, -0.25) is 0 Å². The van der Waals surface area contributed by atoms with Crippen molar-refractivity contribution in [2.24, 2.45) is 16.6 Å². The van der Waals surface area contributed by atoms with Crippen LogP contribution in [0, 0.1) is 10.8 Å². The second-order valence-corrected chi connectivity index (χ2v) is 4.21. The van der Waals surface area contributed by atoms with Crippen molar-refractivity contribution in [1.82, 2.24) is 0 Å². The highest BCUT2D eigenvalue weighted by Gasteiger charge is 2.56. The van der Waals surface area contributed by atoms with E-state index in [1.807, 2.05) is 0 Å². The van der Waals surface area contributed by atoms with E-state index in [4.69, 9.17) is 15.6 Å². The molecule has 0 aromatic carbocycles. The molecule has 2 heterocycles. The van der Waals surface area contributed by atoms with Gasteiger partial charge in [-0.05, 0) is 12.8 Å². The Balaban J connectivity index is 2.05. The van der Waals surface area contributed by atoms with Crippen molar-refractivity contribution < 1.29 is 9.84 Å². The first-order valence-electron chi connectivity index (χ1n) is 4.13. The summed E-state index contributed by atoms with van der Waals surface area (Å²) in [5, 5.41) is 9.08. The number of hydrogen-bond acceptors (Lipinski definition) is 3. The molecule has 0 aromatic heterocycles. The third kappa shape index (κ3) is 0.916. The van der Waals surface area contributed by atoms with Crippen LogP contribution in [0.25, 0.3) is 0 Å². The molecule has 1 aliphatic carbocycles. The van der Waals surface area contributed by atoms with E-state index in [9.17, 15) is 0 Å². The van der Waals surface area contributed by atoms with Crippen LogP contribution < -0.4 is 5.73 Å². The highest BCUT2D eigenvalue weighted by molar-refractivity contribution is 5.06. The van der Waals surface area contributed by atoms with Gasteiger partial charge in [0.1, 0.15) is 0 Å². The van der Waals surface area contributed by atoms with E-state index in [2.05, 4.69) is 0 Å². The molecule has 2 saturated heterocycles. The molecule has 3 rings (SSSR count). The summed E-state index contributed by atoms with van der Waals surface area (Å²) in [6, 6.07) is 0. The Morgan fingerprint density at radius 1 is 1.27 bits per heavy atom. The molecule has 1 saturated carbocycles. The Morgan fingerprint density at radius 3 is 2.45 bits per heavy atom. The number of aliphatic hydroxyl groups excluding tert-OH is 1. The Hall–Kier alpha value is -0.120. The van der Waals surface area contributed by atoms with Gasteiger partial charge in [-0.15, -0.1) is 0 Å². The van der Waals surface area contributed by atoms with Gasteiger partial charge in [-0.1, -0.05) is 0 Å². The summed E-state index contributed by atoms with van der Waals surface area (Å²) in [6.07, 6.45) is 2.12. The minimum absolute atomic E-state index is 0.0810. The van der Waals surface area contributed by atoms with Crippen LogP contribution in [0.1, 0.15) is 12.8 Å². The molecule has 0 amide bonds. The van der Waals surface area contributed by atoms with Crippen molar-refractivity contribution >= 4 is 0 Å². The predicted molar refractivity (Wildman–Crippen MR) is 41.1 cm³/mol. The van der Waals surface area contributed by atoms with Gasteiger partial charge >= 0.3 is 0 Å². The van der Waals surface area contributed by atoms with Gasteiger partial charge in [0, 0.05) is 17.4 Å². The van der Waals surface area contributed by atoms with Crippen LogP contribution in [-0.4, -0.2) is 31.5 Å². The summed E-state index contributed by atoms with van der Waals surface area (Å²) >= 11 is 0. The fraction of sp³-hybridized carbons (Fsp3) is 1.00. The van der Waals surface area contributed by atoms with E-state index in [1.165, 1.54) is 0 Å². The van der Waals surface area contributed by atoms with Gasteiger partial charge < -0.3 is 15.6 Å². The molecule has 0 radical (unpaired) electrons. The molecule has 3 fully saturated rings. The number of hydrogen-bond donors (Lipinski definition) is 2. The summed E-state index contributed by atoms with van der Waals surface area (Å²) in [4.78, 5) is 0. The monoisotopic (exact) mass is 157 g/mol. The molecule has 0 aromatic rings. The number of nitrogens with two attached hydrogens (primary N) is 1. The highest BCUT2D eigenvalue weighted by atomic mass is 16.5. The number of ether oxygens (including phenoxy) is 1. The standard InChI is InChI=1S/C8H15NO2/c9-3-7-1-8(2-7,4-10)6-11-5-7/h10H,1-6,9H2. The zero-order chi connectivity index (χ0) is 7.95. The second-order valence-electron chi connectivity index (χ2n) is 4.21. The Labute approximate surface area is 66.5 Å². The van der Waals surface area contributed by atoms with Crippen molar-refractivity contribution in [1.29, 1.82) is 0 Å². The molecule has 3 nitrogen and oxygen atoms in total. The first-order valence-corrected chi connectivity index (χ1v) is 4.13. The zero-order valence-corrected chi connectivity index (χ0v) is 6.68. The van der Waals surface area contributed by atoms with Crippen LogP contribution in [0.2, 0.25) is 0 Å². The summed E-state index contributed by atoms with van der Waals surface area (Å²) in [7, 11) is 0. The number of rotatable bonds is 2. The van der Waals surface area contributed by atoms with Gasteiger partial charge in [-0.25, -0.2) is 0 Å². The number of fused-ring (bicyclic) bond motifs is 2. The lowest BCUT2D eigenvalue weighted by atomic mass is 9.52. The minimum Gasteiger partial charge on any atom is -0.396 e. The normalized spacial score (nSPS) is 48.5. The minimum atomic E-state index is 0.0810. The van der Waals surface area contributed by atoms with Crippen LogP contribution in [0.5, 0.6) is 0 Å². The fourth-order valence-electron chi connectivity index (χ4n) is 2.59.